The molecule has 1 N–H and O–H groups in total. The third-order valence-electron chi connectivity index (χ3n) is 3.58. The maximum atomic E-state index is 12.8. The number of nitrogens with one attached hydrogen (secondary N) is 1. The van der Waals surface area contributed by atoms with Gasteiger partial charge in [-0.2, -0.15) is 9.40 Å². The van der Waals surface area contributed by atoms with Gasteiger partial charge in [-0.1, -0.05) is 0 Å². The number of hydrogen-bond acceptors (Lipinski definition) is 4. The van der Waals surface area contributed by atoms with E-state index in [2.05, 4.69) is 10.4 Å². The van der Waals surface area contributed by atoms with E-state index in [1.807, 2.05) is 13.8 Å². The molecule has 0 unspecified atom stereocenters. The molecule has 0 spiro atoms. The van der Waals surface area contributed by atoms with Crippen molar-refractivity contribution in [1.82, 2.24) is 19.4 Å². The topological polar surface area (TPSA) is 67.2 Å². The van der Waals surface area contributed by atoms with Crippen LogP contribution >= 0.6 is 0 Å². The standard InChI is InChI=1S/C12H22N4O2S/c1-9-11(10(2)15(5)14-9)19(17,18)16-7-6-13-12(3,4)8-16/h13H,6-8H2,1-5H3. The summed E-state index contributed by atoms with van der Waals surface area (Å²) in [6.07, 6.45) is 0. The summed E-state index contributed by atoms with van der Waals surface area (Å²) in [6.45, 7) is 9.20. The summed E-state index contributed by atoms with van der Waals surface area (Å²) in [4.78, 5) is 0.354. The molecule has 1 aromatic heterocycles. The zero-order valence-electron chi connectivity index (χ0n) is 12.2. The molecule has 2 rings (SSSR count). The van der Waals surface area contributed by atoms with E-state index >= 15 is 0 Å². The first-order valence-corrected chi connectivity index (χ1v) is 7.84. The van der Waals surface area contributed by atoms with E-state index in [9.17, 15) is 8.42 Å². The lowest BCUT2D eigenvalue weighted by Crippen LogP contribution is -2.58. The van der Waals surface area contributed by atoms with Gasteiger partial charge in [0.1, 0.15) is 4.90 Å². The van der Waals surface area contributed by atoms with Gasteiger partial charge in [0.2, 0.25) is 10.0 Å². The van der Waals surface area contributed by atoms with Crippen LogP contribution in [0.5, 0.6) is 0 Å². The van der Waals surface area contributed by atoms with Crippen molar-refractivity contribution in [1.29, 1.82) is 0 Å². The maximum absolute atomic E-state index is 12.8. The predicted molar refractivity (Wildman–Crippen MR) is 73.5 cm³/mol. The molecular formula is C12H22N4O2S. The second-order valence-corrected chi connectivity index (χ2v) is 7.65. The molecule has 19 heavy (non-hydrogen) atoms. The van der Waals surface area contributed by atoms with Crippen LogP contribution in [0.15, 0.2) is 4.90 Å². The zero-order valence-corrected chi connectivity index (χ0v) is 13.0. The van der Waals surface area contributed by atoms with Crippen LogP contribution in [0.25, 0.3) is 0 Å². The molecule has 2 heterocycles. The van der Waals surface area contributed by atoms with Crippen LogP contribution in [0, 0.1) is 13.8 Å². The lowest BCUT2D eigenvalue weighted by Gasteiger charge is -2.38. The fraction of sp³-hybridized carbons (Fsp3) is 0.750. The van der Waals surface area contributed by atoms with Crippen molar-refractivity contribution in [3.8, 4) is 0 Å². The molecule has 0 aromatic carbocycles. The van der Waals surface area contributed by atoms with Crippen LogP contribution in [0.4, 0.5) is 0 Å². The van der Waals surface area contributed by atoms with Gasteiger partial charge in [-0.3, -0.25) is 4.68 Å². The highest BCUT2D eigenvalue weighted by Crippen LogP contribution is 2.25. The summed E-state index contributed by atoms with van der Waals surface area (Å²) in [5.74, 6) is 0. The molecule has 0 bridgehead atoms. The lowest BCUT2D eigenvalue weighted by atomic mass is 10.0. The van der Waals surface area contributed by atoms with E-state index in [-0.39, 0.29) is 5.54 Å². The second kappa shape index (κ2) is 4.57. The molecule has 0 amide bonds. The largest absolute Gasteiger partial charge is 0.309 e. The van der Waals surface area contributed by atoms with Crippen molar-refractivity contribution in [3.05, 3.63) is 11.4 Å². The van der Waals surface area contributed by atoms with E-state index < -0.39 is 10.0 Å². The summed E-state index contributed by atoms with van der Waals surface area (Å²) in [7, 11) is -1.70. The fourth-order valence-electron chi connectivity index (χ4n) is 2.56. The number of nitrogens with zero attached hydrogens (tertiary/aromatic N) is 3. The average molecular weight is 286 g/mol. The van der Waals surface area contributed by atoms with Gasteiger partial charge < -0.3 is 5.32 Å². The van der Waals surface area contributed by atoms with E-state index in [4.69, 9.17) is 0 Å². The normalized spacial score (nSPS) is 20.7. The summed E-state index contributed by atoms with van der Waals surface area (Å²) in [5, 5.41) is 7.52. The Balaban J connectivity index is 2.43. The summed E-state index contributed by atoms with van der Waals surface area (Å²) in [5.41, 5.74) is 1.06. The molecule has 1 aromatic rings. The molecule has 6 nitrogen and oxygen atoms in total. The molecule has 108 valence electrons. The van der Waals surface area contributed by atoms with Crippen LogP contribution in [-0.4, -0.2) is 47.7 Å². The van der Waals surface area contributed by atoms with Crippen molar-refractivity contribution in [2.75, 3.05) is 19.6 Å². The van der Waals surface area contributed by atoms with E-state index in [0.717, 1.165) is 0 Å². The SMILES string of the molecule is Cc1nn(C)c(C)c1S(=O)(=O)N1CCNC(C)(C)C1. The third kappa shape index (κ3) is 2.54. The van der Waals surface area contributed by atoms with Gasteiger partial charge in [-0.25, -0.2) is 8.42 Å². The van der Waals surface area contributed by atoms with E-state index in [1.165, 1.54) is 0 Å². The first-order valence-electron chi connectivity index (χ1n) is 6.40. The van der Waals surface area contributed by atoms with Gasteiger partial charge in [-0.05, 0) is 27.7 Å². The lowest BCUT2D eigenvalue weighted by molar-refractivity contribution is 0.233. The molecule has 0 atom stereocenters. The Bertz CT molecular complexity index is 589. The van der Waals surface area contributed by atoms with Crippen LogP contribution in [0.1, 0.15) is 25.2 Å². The second-order valence-electron chi connectivity index (χ2n) is 5.77. The predicted octanol–water partition coefficient (Wildman–Crippen LogP) is 0.409. The van der Waals surface area contributed by atoms with Crippen LogP contribution < -0.4 is 5.32 Å². The summed E-state index contributed by atoms with van der Waals surface area (Å²) < 4.78 is 28.7. The van der Waals surface area contributed by atoms with Crippen LogP contribution in [-0.2, 0) is 17.1 Å². The fourth-order valence-corrected chi connectivity index (χ4v) is 4.56. The first-order chi connectivity index (χ1) is 8.65. The maximum Gasteiger partial charge on any atom is 0.246 e. The Hall–Kier alpha value is -0.920. The molecule has 1 saturated heterocycles. The summed E-state index contributed by atoms with van der Waals surface area (Å²) >= 11 is 0. The van der Waals surface area contributed by atoms with Crippen molar-refractivity contribution in [3.63, 3.8) is 0 Å². The van der Waals surface area contributed by atoms with Crippen LogP contribution in [0.3, 0.4) is 0 Å². The third-order valence-corrected chi connectivity index (χ3v) is 5.68. The number of piperazine rings is 1. The van der Waals surface area contributed by atoms with Gasteiger partial charge in [0.25, 0.3) is 0 Å². The Labute approximate surface area is 114 Å². The van der Waals surface area contributed by atoms with Crippen molar-refractivity contribution in [2.24, 2.45) is 7.05 Å². The van der Waals surface area contributed by atoms with E-state index in [1.54, 1.807) is 29.9 Å². The molecule has 1 aliphatic heterocycles. The highest BCUT2D eigenvalue weighted by atomic mass is 32.2. The smallest absolute Gasteiger partial charge is 0.246 e. The highest BCUT2D eigenvalue weighted by Gasteiger charge is 2.36. The van der Waals surface area contributed by atoms with Crippen LogP contribution in [0.2, 0.25) is 0 Å². The minimum absolute atomic E-state index is 0.199. The average Bonchev–Trinajstić information content (AvgIpc) is 2.51. The van der Waals surface area contributed by atoms with Gasteiger partial charge in [0.05, 0.1) is 11.4 Å². The minimum atomic E-state index is -3.46. The monoisotopic (exact) mass is 286 g/mol. The Morgan fingerprint density at radius 1 is 1.32 bits per heavy atom. The molecule has 1 aliphatic rings. The number of aromatic nitrogens is 2. The quantitative estimate of drug-likeness (QED) is 0.855. The molecule has 1 fully saturated rings. The number of hydrogen-bond donors (Lipinski definition) is 1. The Morgan fingerprint density at radius 2 is 1.95 bits per heavy atom. The molecular weight excluding hydrogens is 264 g/mol. The van der Waals surface area contributed by atoms with Crippen molar-refractivity contribution >= 4 is 10.0 Å². The van der Waals surface area contributed by atoms with Gasteiger partial charge in [0, 0.05) is 32.2 Å². The summed E-state index contributed by atoms with van der Waals surface area (Å²) in [6, 6.07) is 0. The molecule has 0 radical (unpaired) electrons. The number of aryl methyl sites for hydroxylation is 2. The van der Waals surface area contributed by atoms with Gasteiger partial charge >= 0.3 is 0 Å². The minimum Gasteiger partial charge on any atom is -0.309 e. The van der Waals surface area contributed by atoms with Crippen molar-refractivity contribution < 1.29 is 8.42 Å². The highest BCUT2D eigenvalue weighted by molar-refractivity contribution is 7.89. The van der Waals surface area contributed by atoms with Gasteiger partial charge in [0.15, 0.2) is 0 Å². The Kier molecular flexibility index (Phi) is 3.49. The molecule has 7 heteroatoms. The Morgan fingerprint density at radius 3 is 2.42 bits per heavy atom. The zero-order chi connectivity index (χ0) is 14.4. The first kappa shape index (κ1) is 14.5. The van der Waals surface area contributed by atoms with Crippen molar-refractivity contribution in [2.45, 2.75) is 38.1 Å². The number of sulfonamides is 1. The molecule has 0 aliphatic carbocycles. The number of rotatable bonds is 2. The van der Waals surface area contributed by atoms with E-state index in [0.29, 0.717) is 35.9 Å². The molecule has 0 saturated carbocycles. The van der Waals surface area contributed by atoms with Gasteiger partial charge in [-0.15, -0.1) is 0 Å².